The van der Waals surface area contributed by atoms with E-state index < -0.39 is 5.97 Å². The molecule has 1 heterocycles. The summed E-state index contributed by atoms with van der Waals surface area (Å²) in [4.78, 5) is 15.3. The van der Waals surface area contributed by atoms with Crippen LogP contribution in [0.1, 0.15) is 15.9 Å². The largest absolute Gasteiger partial charge is 1.00 e. The first-order valence-electron chi connectivity index (χ1n) is 5.86. The van der Waals surface area contributed by atoms with Crippen LogP contribution < -0.4 is 34.7 Å². The van der Waals surface area contributed by atoms with Crippen LogP contribution in [0.2, 0.25) is 0 Å². The number of carboxylic acids is 1. The SMILES string of the molecule is CN1CCN(Cc2ccc(C(=O)[O-])cc2)CC1.[Na+]. The summed E-state index contributed by atoms with van der Waals surface area (Å²) in [6.07, 6.45) is 0. The van der Waals surface area contributed by atoms with E-state index in [0.717, 1.165) is 38.3 Å². The van der Waals surface area contributed by atoms with Gasteiger partial charge in [-0.15, -0.1) is 0 Å². The second-order valence-electron chi connectivity index (χ2n) is 4.56. The predicted octanol–water partition coefficient (Wildman–Crippen LogP) is -3.20. The Morgan fingerprint density at radius 1 is 1.17 bits per heavy atom. The summed E-state index contributed by atoms with van der Waals surface area (Å²) in [5.74, 6) is -1.11. The molecule has 1 fully saturated rings. The van der Waals surface area contributed by atoms with Crippen molar-refractivity contribution in [2.24, 2.45) is 0 Å². The van der Waals surface area contributed by atoms with Crippen LogP contribution in [-0.4, -0.2) is 49.0 Å². The van der Waals surface area contributed by atoms with E-state index in [4.69, 9.17) is 0 Å². The zero-order valence-electron chi connectivity index (χ0n) is 11.1. The summed E-state index contributed by atoms with van der Waals surface area (Å²) < 4.78 is 0. The number of hydrogen-bond acceptors (Lipinski definition) is 4. The third kappa shape index (κ3) is 4.37. The minimum absolute atomic E-state index is 0. The van der Waals surface area contributed by atoms with Gasteiger partial charge < -0.3 is 14.8 Å². The third-order valence-corrected chi connectivity index (χ3v) is 3.19. The Morgan fingerprint density at radius 2 is 1.72 bits per heavy atom. The molecule has 0 radical (unpaired) electrons. The second-order valence-corrected chi connectivity index (χ2v) is 4.56. The molecule has 5 heteroatoms. The molecule has 0 saturated carbocycles. The van der Waals surface area contributed by atoms with Crippen molar-refractivity contribution in [3.8, 4) is 0 Å². The van der Waals surface area contributed by atoms with Gasteiger partial charge in [0.2, 0.25) is 0 Å². The summed E-state index contributed by atoms with van der Waals surface area (Å²) in [7, 11) is 2.13. The number of carbonyl (C=O) groups is 1. The summed E-state index contributed by atoms with van der Waals surface area (Å²) in [5.41, 5.74) is 1.40. The van der Waals surface area contributed by atoms with Gasteiger partial charge in [0.25, 0.3) is 0 Å². The molecule has 0 spiro atoms. The normalized spacial score (nSPS) is 17.2. The molecule has 1 aliphatic rings. The summed E-state index contributed by atoms with van der Waals surface area (Å²) in [6, 6.07) is 6.95. The Morgan fingerprint density at radius 3 is 2.22 bits per heavy atom. The Balaban J connectivity index is 0.00000162. The van der Waals surface area contributed by atoms with E-state index in [2.05, 4.69) is 16.8 Å². The van der Waals surface area contributed by atoms with Crippen molar-refractivity contribution in [2.45, 2.75) is 6.54 Å². The monoisotopic (exact) mass is 256 g/mol. The van der Waals surface area contributed by atoms with Crippen molar-refractivity contribution in [1.82, 2.24) is 9.80 Å². The maximum Gasteiger partial charge on any atom is 1.00 e. The molecule has 0 unspecified atom stereocenters. The van der Waals surface area contributed by atoms with E-state index in [-0.39, 0.29) is 35.1 Å². The van der Waals surface area contributed by atoms with E-state index in [1.807, 2.05) is 12.1 Å². The molecule has 18 heavy (non-hydrogen) atoms. The van der Waals surface area contributed by atoms with Crippen molar-refractivity contribution in [3.63, 3.8) is 0 Å². The van der Waals surface area contributed by atoms with Gasteiger partial charge >= 0.3 is 29.6 Å². The minimum Gasteiger partial charge on any atom is -0.545 e. The second kappa shape index (κ2) is 7.26. The first-order valence-corrected chi connectivity index (χ1v) is 5.86. The molecule has 0 N–H and O–H groups in total. The van der Waals surface area contributed by atoms with E-state index in [1.54, 1.807) is 12.1 Å². The van der Waals surface area contributed by atoms with E-state index in [1.165, 1.54) is 0 Å². The van der Waals surface area contributed by atoms with Crippen molar-refractivity contribution >= 4 is 5.97 Å². The average molecular weight is 256 g/mol. The van der Waals surface area contributed by atoms with Crippen LogP contribution in [0.25, 0.3) is 0 Å². The average Bonchev–Trinajstić information content (AvgIpc) is 2.33. The Bertz CT molecular complexity index is 386. The van der Waals surface area contributed by atoms with Gasteiger partial charge in [-0.3, -0.25) is 4.90 Å². The standard InChI is InChI=1S/C13H18N2O2.Na/c1-14-6-8-15(9-7-14)10-11-2-4-12(5-3-11)13(16)17;/h2-5H,6-10H2,1H3,(H,16,17);/q;+1/p-1. The Kier molecular flexibility index (Phi) is 6.32. The van der Waals surface area contributed by atoms with Crippen molar-refractivity contribution in [1.29, 1.82) is 0 Å². The maximum atomic E-state index is 10.6. The fourth-order valence-electron chi connectivity index (χ4n) is 2.01. The minimum atomic E-state index is -1.11. The van der Waals surface area contributed by atoms with Gasteiger partial charge in [0.15, 0.2) is 0 Å². The first kappa shape index (κ1) is 15.7. The van der Waals surface area contributed by atoms with Crippen LogP contribution in [-0.2, 0) is 6.54 Å². The van der Waals surface area contributed by atoms with Gasteiger partial charge in [-0.25, -0.2) is 0 Å². The zero-order chi connectivity index (χ0) is 12.3. The number of aromatic carboxylic acids is 1. The summed E-state index contributed by atoms with van der Waals surface area (Å²) >= 11 is 0. The van der Waals surface area contributed by atoms with E-state index >= 15 is 0 Å². The molecule has 1 saturated heterocycles. The molecule has 1 aromatic rings. The van der Waals surface area contributed by atoms with Gasteiger partial charge in [-0.2, -0.15) is 0 Å². The summed E-state index contributed by atoms with van der Waals surface area (Å²) in [5, 5.41) is 10.6. The quantitative estimate of drug-likeness (QED) is 0.535. The number of rotatable bonds is 3. The third-order valence-electron chi connectivity index (χ3n) is 3.19. The molecule has 92 valence electrons. The molecular formula is C13H17N2NaO2. The zero-order valence-corrected chi connectivity index (χ0v) is 13.1. The Hall–Kier alpha value is -0.390. The van der Waals surface area contributed by atoms with Gasteiger partial charge in [-0.1, -0.05) is 24.3 Å². The molecule has 1 aromatic carbocycles. The molecule has 1 aliphatic heterocycles. The topological polar surface area (TPSA) is 46.6 Å². The van der Waals surface area contributed by atoms with Crippen molar-refractivity contribution < 1.29 is 39.5 Å². The molecule has 0 amide bonds. The van der Waals surface area contributed by atoms with Crippen LogP contribution in [0.3, 0.4) is 0 Å². The summed E-state index contributed by atoms with van der Waals surface area (Å²) in [6.45, 7) is 5.22. The number of carboxylic acid groups (broad SMARTS) is 1. The fourth-order valence-corrected chi connectivity index (χ4v) is 2.01. The van der Waals surface area contributed by atoms with Crippen LogP contribution in [0.5, 0.6) is 0 Å². The smallest absolute Gasteiger partial charge is 0.545 e. The van der Waals surface area contributed by atoms with Gasteiger partial charge in [0.05, 0.1) is 5.97 Å². The van der Waals surface area contributed by atoms with E-state index in [0.29, 0.717) is 0 Å². The molecule has 0 aliphatic carbocycles. The van der Waals surface area contributed by atoms with Gasteiger partial charge in [0, 0.05) is 32.7 Å². The van der Waals surface area contributed by atoms with E-state index in [9.17, 15) is 9.90 Å². The molecule has 4 nitrogen and oxygen atoms in total. The first-order chi connectivity index (χ1) is 8.15. The van der Waals surface area contributed by atoms with Crippen LogP contribution in [0, 0.1) is 0 Å². The van der Waals surface area contributed by atoms with Crippen molar-refractivity contribution in [3.05, 3.63) is 35.4 Å². The van der Waals surface area contributed by atoms with Crippen molar-refractivity contribution in [2.75, 3.05) is 33.2 Å². The number of likely N-dealkylation sites (N-methyl/N-ethyl adjacent to an activating group) is 1. The maximum absolute atomic E-state index is 10.6. The molecule has 2 rings (SSSR count). The number of benzene rings is 1. The van der Waals surface area contributed by atoms with Gasteiger partial charge in [-0.05, 0) is 18.2 Å². The van der Waals surface area contributed by atoms with Crippen LogP contribution in [0.15, 0.2) is 24.3 Å². The Labute approximate surface area is 130 Å². The number of piperazine rings is 1. The fraction of sp³-hybridized carbons (Fsp3) is 0.462. The molecule has 0 aromatic heterocycles. The number of carbonyl (C=O) groups excluding carboxylic acids is 1. The number of nitrogens with zero attached hydrogens (tertiary/aromatic N) is 2. The molecule has 0 bridgehead atoms. The van der Waals surface area contributed by atoms with Crippen LogP contribution >= 0.6 is 0 Å². The van der Waals surface area contributed by atoms with Gasteiger partial charge in [0.1, 0.15) is 0 Å². The number of hydrogen-bond donors (Lipinski definition) is 0. The molecule has 0 atom stereocenters. The molecular weight excluding hydrogens is 239 g/mol. The van der Waals surface area contributed by atoms with Crippen LogP contribution in [0.4, 0.5) is 0 Å². The predicted molar refractivity (Wildman–Crippen MR) is 63.5 cm³/mol.